The molecule has 5 heteroatoms. The van der Waals surface area contributed by atoms with Gasteiger partial charge < -0.3 is 10.6 Å². The first-order valence-electron chi connectivity index (χ1n) is 5.14. The van der Waals surface area contributed by atoms with Crippen molar-refractivity contribution in [3.63, 3.8) is 0 Å². The number of hydrogen-bond acceptors (Lipinski definition) is 2. The molecule has 0 saturated heterocycles. The fourth-order valence-corrected chi connectivity index (χ4v) is 1.23. The van der Waals surface area contributed by atoms with E-state index in [1.807, 2.05) is 13.8 Å². The summed E-state index contributed by atoms with van der Waals surface area (Å²) in [5.74, 6) is 0. The fourth-order valence-electron chi connectivity index (χ4n) is 1.23. The Hall–Kier alpha value is -0.290. The number of hydrogen-bond donors (Lipinski definition) is 1. The third-order valence-corrected chi connectivity index (χ3v) is 2.14. The molecule has 0 rings (SSSR count). The Morgan fingerprint density at radius 2 is 1.60 bits per heavy atom. The SMILES string of the molecule is CN(CCCC(C)(C)N)CCC(F)(F)F. The Bertz CT molecular complexity index is 172. The van der Waals surface area contributed by atoms with Gasteiger partial charge in [0.25, 0.3) is 0 Å². The zero-order valence-corrected chi connectivity index (χ0v) is 9.69. The van der Waals surface area contributed by atoms with Crippen LogP contribution < -0.4 is 5.73 Å². The van der Waals surface area contributed by atoms with E-state index < -0.39 is 12.6 Å². The molecule has 15 heavy (non-hydrogen) atoms. The van der Waals surface area contributed by atoms with E-state index in [1.165, 1.54) is 0 Å². The predicted octanol–water partition coefficient (Wildman–Crippen LogP) is 2.39. The van der Waals surface area contributed by atoms with E-state index in [0.29, 0.717) is 6.54 Å². The number of nitrogens with two attached hydrogens (primary N) is 1. The van der Waals surface area contributed by atoms with Crippen LogP contribution in [0.25, 0.3) is 0 Å². The summed E-state index contributed by atoms with van der Waals surface area (Å²) in [6, 6.07) is 0. The average Bonchev–Trinajstić information content (AvgIpc) is 1.97. The molecule has 0 bridgehead atoms. The summed E-state index contributed by atoms with van der Waals surface area (Å²) in [6.07, 6.45) is -3.14. The highest BCUT2D eigenvalue weighted by Gasteiger charge is 2.26. The number of halogens is 3. The van der Waals surface area contributed by atoms with Gasteiger partial charge in [0.1, 0.15) is 0 Å². The Balaban J connectivity index is 3.54. The molecule has 0 aromatic carbocycles. The smallest absolute Gasteiger partial charge is 0.326 e. The lowest BCUT2D eigenvalue weighted by atomic mass is 10.0. The van der Waals surface area contributed by atoms with Gasteiger partial charge in [-0.1, -0.05) is 0 Å². The molecule has 0 spiro atoms. The van der Waals surface area contributed by atoms with Crippen LogP contribution >= 0.6 is 0 Å². The molecular weight excluding hydrogens is 205 g/mol. The van der Waals surface area contributed by atoms with Crippen molar-refractivity contribution in [2.24, 2.45) is 5.73 Å². The molecule has 0 saturated carbocycles. The third-order valence-electron chi connectivity index (χ3n) is 2.14. The van der Waals surface area contributed by atoms with Gasteiger partial charge in [-0.3, -0.25) is 0 Å². The van der Waals surface area contributed by atoms with Gasteiger partial charge in [0.15, 0.2) is 0 Å². The second kappa shape index (κ2) is 5.70. The lowest BCUT2D eigenvalue weighted by Crippen LogP contribution is -2.33. The quantitative estimate of drug-likeness (QED) is 0.753. The number of alkyl halides is 3. The van der Waals surface area contributed by atoms with Crippen LogP contribution in [0.4, 0.5) is 13.2 Å². The van der Waals surface area contributed by atoms with Crippen LogP contribution in [0, 0.1) is 0 Å². The lowest BCUT2D eigenvalue weighted by molar-refractivity contribution is -0.137. The van der Waals surface area contributed by atoms with Gasteiger partial charge in [-0.2, -0.15) is 13.2 Å². The summed E-state index contributed by atoms with van der Waals surface area (Å²) >= 11 is 0. The van der Waals surface area contributed by atoms with Gasteiger partial charge in [0, 0.05) is 12.1 Å². The van der Waals surface area contributed by atoms with Gasteiger partial charge in [-0.05, 0) is 40.3 Å². The molecule has 0 radical (unpaired) electrons. The first-order valence-corrected chi connectivity index (χ1v) is 5.14. The van der Waals surface area contributed by atoms with Crippen LogP contribution in [-0.2, 0) is 0 Å². The predicted molar refractivity (Wildman–Crippen MR) is 55.7 cm³/mol. The zero-order valence-electron chi connectivity index (χ0n) is 9.69. The monoisotopic (exact) mass is 226 g/mol. The van der Waals surface area contributed by atoms with Crippen LogP contribution in [0.5, 0.6) is 0 Å². The second-order valence-electron chi connectivity index (χ2n) is 4.76. The van der Waals surface area contributed by atoms with Crippen molar-refractivity contribution in [1.29, 1.82) is 0 Å². The van der Waals surface area contributed by atoms with Gasteiger partial charge in [0.05, 0.1) is 6.42 Å². The Morgan fingerprint density at radius 1 is 1.07 bits per heavy atom. The highest BCUT2D eigenvalue weighted by Crippen LogP contribution is 2.19. The Labute approximate surface area is 89.6 Å². The van der Waals surface area contributed by atoms with Crippen LogP contribution in [0.1, 0.15) is 33.1 Å². The van der Waals surface area contributed by atoms with E-state index in [0.717, 1.165) is 12.8 Å². The summed E-state index contributed by atoms with van der Waals surface area (Å²) in [5.41, 5.74) is 5.54. The summed E-state index contributed by atoms with van der Waals surface area (Å²) in [4.78, 5) is 1.69. The minimum atomic E-state index is -4.05. The van der Waals surface area contributed by atoms with Gasteiger partial charge in [-0.25, -0.2) is 0 Å². The first-order chi connectivity index (χ1) is 6.60. The summed E-state index contributed by atoms with van der Waals surface area (Å²) in [5, 5.41) is 0. The van der Waals surface area contributed by atoms with Crippen molar-refractivity contribution in [3.8, 4) is 0 Å². The zero-order chi connectivity index (χ0) is 12.1. The van der Waals surface area contributed by atoms with Crippen molar-refractivity contribution < 1.29 is 13.2 Å². The van der Waals surface area contributed by atoms with E-state index in [-0.39, 0.29) is 12.1 Å². The van der Waals surface area contributed by atoms with Crippen LogP contribution in [0.3, 0.4) is 0 Å². The van der Waals surface area contributed by atoms with Gasteiger partial charge in [-0.15, -0.1) is 0 Å². The first kappa shape index (κ1) is 14.7. The Kier molecular flexibility index (Phi) is 5.59. The second-order valence-corrected chi connectivity index (χ2v) is 4.76. The molecule has 0 atom stereocenters. The molecule has 0 amide bonds. The van der Waals surface area contributed by atoms with E-state index in [1.54, 1.807) is 11.9 Å². The van der Waals surface area contributed by atoms with Gasteiger partial charge >= 0.3 is 6.18 Å². The maximum Gasteiger partial charge on any atom is 0.390 e. The summed E-state index contributed by atoms with van der Waals surface area (Å²) in [7, 11) is 1.70. The van der Waals surface area contributed by atoms with Crippen molar-refractivity contribution in [1.82, 2.24) is 4.90 Å². The fraction of sp³-hybridized carbons (Fsp3) is 1.00. The normalized spacial score (nSPS) is 13.6. The minimum Gasteiger partial charge on any atom is -0.326 e. The third kappa shape index (κ3) is 11.6. The molecule has 2 N–H and O–H groups in total. The Morgan fingerprint density at radius 3 is 2.00 bits per heavy atom. The van der Waals surface area contributed by atoms with Crippen molar-refractivity contribution >= 4 is 0 Å². The average molecular weight is 226 g/mol. The molecule has 92 valence electrons. The highest BCUT2D eigenvalue weighted by molar-refractivity contribution is 4.71. The van der Waals surface area contributed by atoms with Crippen molar-refractivity contribution in [3.05, 3.63) is 0 Å². The van der Waals surface area contributed by atoms with E-state index in [4.69, 9.17) is 5.73 Å². The molecule has 0 aromatic rings. The molecule has 0 aliphatic heterocycles. The lowest BCUT2D eigenvalue weighted by Gasteiger charge is -2.21. The summed E-state index contributed by atoms with van der Waals surface area (Å²) < 4.78 is 35.6. The topological polar surface area (TPSA) is 29.3 Å². The van der Waals surface area contributed by atoms with E-state index in [9.17, 15) is 13.2 Å². The number of nitrogens with zero attached hydrogens (tertiary/aromatic N) is 1. The van der Waals surface area contributed by atoms with Crippen LogP contribution in [0.2, 0.25) is 0 Å². The van der Waals surface area contributed by atoms with E-state index >= 15 is 0 Å². The van der Waals surface area contributed by atoms with Crippen LogP contribution in [-0.4, -0.2) is 36.8 Å². The van der Waals surface area contributed by atoms with Crippen LogP contribution in [0.15, 0.2) is 0 Å². The van der Waals surface area contributed by atoms with E-state index in [2.05, 4.69) is 0 Å². The largest absolute Gasteiger partial charge is 0.390 e. The van der Waals surface area contributed by atoms with Crippen molar-refractivity contribution in [2.75, 3.05) is 20.1 Å². The molecule has 0 aliphatic rings. The van der Waals surface area contributed by atoms with Crippen molar-refractivity contribution in [2.45, 2.75) is 44.8 Å². The molecule has 0 unspecified atom stereocenters. The summed E-state index contributed by atoms with van der Waals surface area (Å²) in [6.45, 7) is 4.57. The standard InChI is InChI=1S/C10H21F3N2/c1-9(2,14)5-4-7-15(3)8-6-10(11,12)13/h4-8,14H2,1-3H3. The van der Waals surface area contributed by atoms with Gasteiger partial charge in [0.2, 0.25) is 0 Å². The minimum absolute atomic E-state index is 0.0640. The molecule has 2 nitrogen and oxygen atoms in total. The molecule has 0 aromatic heterocycles. The molecule has 0 aliphatic carbocycles. The molecular formula is C10H21F3N2. The maximum atomic E-state index is 11.9. The highest BCUT2D eigenvalue weighted by atomic mass is 19.4. The molecule has 0 heterocycles. The molecule has 0 fully saturated rings. The maximum absolute atomic E-state index is 11.9. The number of rotatable bonds is 6.